The summed E-state index contributed by atoms with van der Waals surface area (Å²) in [6, 6.07) is 22.5. The molecular formula is C22H21ClN2OS. The van der Waals surface area contributed by atoms with Gasteiger partial charge in [0.1, 0.15) is 5.03 Å². The van der Waals surface area contributed by atoms with Crippen LogP contribution >= 0.6 is 23.4 Å². The van der Waals surface area contributed by atoms with Crippen molar-refractivity contribution in [3.05, 3.63) is 83.5 Å². The zero-order valence-corrected chi connectivity index (χ0v) is 16.4. The molecule has 0 saturated carbocycles. The number of benzene rings is 2. The first-order chi connectivity index (χ1) is 13.3. The predicted molar refractivity (Wildman–Crippen MR) is 112 cm³/mol. The fourth-order valence-corrected chi connectivity index (χ4v) is 4.75. The van der Waals surface area contributed by atoms with Crippen LogP contribution in [0.25, 0.3) is 11.1 Å². The summed E-state index contributed by atoms with van der Waals surface area (Å²) in [7, 11) is 0. The van der Waals surface area contributed by atoms with Gasteiger partial charge in [-0.2, -0.15) is 0 Å². The molecule has 4 rings (SSSR count). The molecule has 0 bridgehead atoms. The van der Waals surface area contributed by atoms with E-state index in [9.17, 15) is 0 Å². The van der Waals surface area contributed by atoms with E-state index in [0.29, 0.717) is 0 Å². The number of rotatable bonds is 5. The molecule has 1 aliphatic heterocycles. The van der Waals surface area contributed by atoms with Crippen LogP contribution in [0.5, 0.6) is 0 Å². The van der Waals surface area contributed by atoms with Gasteiger partial charge in [-0.05, 0) is 29.3 Å². The smallest absolute Gasteiger partial charge is 0.104 e. The first-order valence-electron chi connectivity index (χ1n) is 9.06. The molecule has 1 fully saturated rings. The van der Waals surface area contributed by atoms with Gasteiger partial charge in [-0.15, -0.1) is 0 Å². The number of thioether (sulfide) groups is 1. The largest absolute Gasteiger partial charge is 0.374 e. The van der Waals surface area contributed by atoms with Gasteiger partial charge in [0, 0.05) is 29.9 Å². The minimum absolute atomic E-state index is 0.0976. The standard InChI is InChI=1S/C22H21ClN2OS/c23-18-9-4-8-17(14-18)19-10-5-11-25-22(19)27-21(16-6-2-1-3-7-16)20-15-24-12-13-26-20/h1-11,14,20-21,24H,12-13,15H2/t20-,21?/m0/s1. The highest BCUT2D eigenvalue weighted by atomic mass is 35.5. The van der Waals surface area contributed by atoms with Crippen LogP contribution in [0.1, 0.15) is 10.8 Å². The Labute approximate surface area is 169 Å². The van der Waals surface area contributed by atoms with E-state index in [1.54, 1.807) is 11.8 Å². The molecule has 1 aliphatic rings. The summed E-state index contributed by atoms with van der Waals surface area (Å²) in [5.41, 5.74) is 3.42. The van der Waals surface area contributed by atoms with Crippen molar-refractivity contribution in [3.8, 4) is 11.1 Å². The molecule has 5 heteroatoms. The summed E-state index contributed by atoms with van der Waals surface area (Å²) < 4.78 is 6.10. The Kier molecular flexibility index (Phi) is 6.10. The fraction of sp³-hybridized carbons (Fsp3) is 0.227. The van der Waals surface area contributed by atoms with Gasteiger partial charge < -0.3 is 10.1 Å². The molecule has 3 nitrogen and oxygen atoms in total. The van der Waals surface area contributed by atoms with Gasteiger partial charge in [-0.3, -0.25) is 0 Å². The van der Waals surface area contributed by atoms with Gasteiger partial charge in [0.05, 0.1) is 18.0 Å². The molecule has 0 amide bonds. The van der Waals surface area contributed by atoms with E-state index in [2.05, 4.69) is 46.7 Å². The van der Waals surface area contributed by atoms with Crippen molar-refractivity contribution < 1.29 is 4.74 Å². The minimum atomic E-state index is 0.0976. The molecule has 1 N–H and O–H groups in total. The molecule has 138 valence electrons. The number of nitrogens with one attached hydrogen (secondary N) is 1. The number of ether oxygens (including phenoxy) is 1. The second-order valence-electron chi connectivity index (χ2n) is 6.43. The number of nitrogens with zero attached hydrogens (tertiary/aromatic N) is 1. The summed E-state index contributed by atoms with van der Waals surface area (Å²) in [6.45, 7) is 2.48. The van der Waals surface area contributed by atoms with Crippen molar-refractivity contribution in [2.45, 2.75) is 16.4 Å². The summed E-state index contributed by atoms with van der Waals surface area (Å²) >= 11 is 7.97. The van der Waals surface area contributed by atoms with Crippen molar-refractivity contribution in [1.82, 2.24) is 10.3 Å². The van der Waals surface area contributed by atoms with Crippen molar-refractivity contribution in [2.75, 3.05) is 19.7 Å². The summed E-state index contributed by atoms with van der Waals surface area (Å²) in [6.07, 6.45) is 1.94. The van der Waals surface area contributed by atoms with E-state index in [-0.39, 0.29) is 11.4 Å². The monoisotopic (exact) mass is 396 g/mol. The van der Waals surface area contributed by atoms with E-state index >= 15 is 0 Å². The second-order valence-corrected chi connectivity index (χ2v) is 8.00. The minimum Gasteiger partial charge on any atom is -0.374 e. The van der Waals surface area contributed by atoms with Crippen LogP contribution in [0.2, 0.25) is 5.02 Å². The summed E-state index contributed by atoms with van der Waals surface area (Å²) in [5.74, 6) is 0. The molecule has 27 heavy (non-hydrogen) atoms. The third-order valence-corrected chi connectivity index (χ3v) is 6.18. The van der Waals surface area contributed by atoms with Crippen molar-refractivity contribution in [3.63, 3.8) is 0 Å². The average Bonchev–Trinajstić information content (AvgIpc) is 2.73. The lowest BCUT2D eigenvalue weighted by Crippen LogP contribution is -2.41. The number of pyridine rings is 1. The second kappa shape index (κ2) is 8.89. The van der Waals surface area contributed by atoms with Crippen LogP contribution in [0.4, 0.5) is 0 Å². The van der Waals surface area contributed by atoms with Crippen LogP contribution < -0.4 is 5.32 Å². The molecule has 1 saturated heterocycles. The lowest BCUT2D eigenvalue weighted by molar-refractivity contribution is 0.0273. The third kappa shape index (κ3) is 4.53. The van der Waals surface area contributed by atoms with Gasteiger partial charge in [-0.1, -0.05) is 71.9 Å². The average molecular weight is 397 g/mol. The van der Waals surface area contributed by atoms with Crippen LogP contribution in [-0.2, 0) is 4.74 Å². The van der Waals surface area contributed by atoms with Crippen LogP contribution in [0.3, 0.4) is 0 Å². The van der Waals surface area contributed by atoms with E-state index in [0.717, 1.165) is 40.9 Å². The van der Waals surface area contributed by atoms with Crippen LogP contribution in [-0.4, -0.2) is 30.8 Å². The lowest BCUT2D eigenvalue weighted by Gasteiger charge is -2.31. The molecule has 2 aromatic carbocycles. The highest BCUT2D eigenvalue weighted by molar-refractivity contribution is 7.99. The highest BCUT2D eigenvalue weighted by Gasteiger charge is 2.28. The normalized spacial score (nSPS) is 18.2. The molecule has 1 aromatic heterocycles. The molecule has 2 heterocycles. The molecule has 0 aliphatic carbocycles. The van der Waals surface area contributed by atoms with Crippen molar-refractivity contribution >= 4 is 23.4 Å². The molecule has 0 spiro atoms. The molecule has 0 radical (unpaired) electrons. The number of aromatic nitrogens is 1. The maximum atomic E-state index is 6.21. The van der Waals surface area contributed by atoms with E-state index in [4.69, 9.17) is 16.3 Å². The van der Waals surface area contributed by atoms with Crippen molar-refractivity contribution in [1.29, 1.82) is 0 Å². The zero-order chi connectivity index (χ0) is 18.5. The van der Waals surface area contributed by atoms with Gasteiger partial charge in [-0.25, -0.2) is 4.98 Å². The Balaban J connectivity index is 1.69. The van der Waals surface area contributed by atoms with E-state index in [1.165, 1.54) is 5.56 Å². The quantitative estimate of drug-likeness (QED) is 0.599. The van der Waals surface area contributed by atoms with Gasteiger partial charge >= 0.3 is 0 Å². The van der Waals surface area contributed by atoms with Gasteiger partial charge in [0.2, 0.25) is 0 Å². The topological polar surface area (TPSA) is 34.2 Å². The molecule has 3 aromatic rings. The van der Waals surface area contributed by atoms with Crippen molar-refractivity contribution in [2.24, 2.45) is 0 Å². The summed E-state index contributed by atoms with van der Waals surface area (Å²) in [5, 5.41) is 5.32. The number of hydrogen-bond acceptors (Lipinski definition) is 4. The lowest BCUT2D eigenvalue weighted by atomic mass is 10.1. The number of halogens is 1. The van der Waals surface area contributed by atoms with Gasteiger partial charge in [0.15, 0.2) is 0 Å². The van der Waals surface area contributed by atoms with E-state index in [1.807, 2.05) is 36.5 Å². The number of hydrogen-bond donors (Lipinski definition) is 1. The Morgan fingerprint density at radius 3 is 2.74 bits per heavy atom. The van der Waals surface area contributed by atoms with Crippen LogP contribution in [0.15, 0.2) is 78.0 Å². The fourth-order valence-electron chi connectivity index (χ4n) is 3.26. The Morgan fingerprint density at radius 2 is 1.96 bits per heavy atom. The first-order valence-corrected chi connectivity index (χ1v) is 10.3. The number of morpholine rings is 1. The maximum absolute atomic E-state index is 6.21. The molecule has 1 unspecified atom stereocenters. The molecule has 2 atom stereocenters. The van der Waals surface area contributed by atoms with E-state index < -0.39 is 0 Å². The molecular weight excluding hydrogens is 376 g/mol. The van der Waals surface area contributed by atoms with Crippen LogP contribution in [0, 0.1) is 0 Å². The maximum Gasteiger partial charge on any atom is 0.104 e. The highest BCUT2D eigenvalue weighted by Crippen LogP contribution is 2.42. The Hall–Kier alpha value is -1.85. The Bertz CT molecular complexity index is 884. The van der Waals surface area contributed by atoms with Gasteiger partial charge in [0.25, 0.3) is 0 Å². The zero-order valence-electron chi connectivity index (χ0n) is 14.8. The third-order valence-electron chi connectivity index (χ3n) is 4.57. The summed E-state index contributed by atoms with van der Waals surface area (Å²) in [4.78, 5) is 4.69. The SMILES string of the molecule is Clc1cccc(-c2cccnc2SC(c2ccccc2)[C@@H]2CNCCO2)c1. The first kappa shape index (κ1) is 18.5. The predicted octanol–water partition coefficient (Wildman–Crippen LogP) is 5.22. The Morgan fingerprint density at radius 1 is 1.07 bits per heavy atom.